The predicted molar refractivity (Wildman–Crippen MR) is 81.5 cm³/mol. The number of rotatable bonds is 10. The number of carbonyl (C=O) groups excluding carboxylic acids is 1. The molecule has 0 rings (SSSR count). The van der Waals surface area contributed by atoms with Crippen LogP contribution in [0.1, 0.15) is 40.5 Å². The molecule has 0 saturated carbocycles. The van der Waals surface area contributed by atoms with Gasteiger partial charge in [-0.15, -0.1) is 0 Å². The van der Waals surface area contributed by atoms with Gasteiger partial charge in [0, 0.05) is 12.6 Å². The summed E-state index contributed by atoms with van der Waals surface area (Å²) in [6.07, 6.45) is 1.71. The fourth-order valence-corrected chi connectivity index (χ4v) is 2.98. The van der Waals surface area contributed by atoms with Gasteiger partial charge in [0.25, 0.3) is 0 Å². The first-order valence-corrected chi connectivity index (χ1v) is 8.06. The molecule has 0 heterocycles. The molecule has 5 heteroatoms. The van der Waals surface area contributed by atoms with E-state index in [1.807, 2.05) is 39.5 Å². The van der Waals surface area contributed by atoms with E-state index in [4.69, 9.17) is 9.84 Å². The lowest BCUT2D eigenvalue weighted by atomic mass is 9.95. The van der Waals surface area contributed by atoms with Crippen LogP contribution in [0.2, 0.25) is 0 Å². The van der Waals surface area contributed by atoms with Crippen LogP contribution in [-0.4, -0.2) is 47.9 Å². The molecule has 4 nitrogen and oxygen atoms in total. The Morgan fingerprint density at radius 1 is 1.42 bits per heavy atom. The largest absolute Gasteiger partial charge is 0.468 e. The van der Waals surface area contributed by atoms with Crippen molar-refractivity contribution in [2.75, 3.05) is 25.2 Å². The second-order valence-electron chi connectivity index (χ2n) is 5.59. The number of thioether (sulfide) groups is 1. The fraction of sp³-hybridized carbons (Fsp3) is 0.929. The van der Waals surface area contributed by atoms with E-state index in [1.165, 1.54) is 7.11 Å². The lowest BCUT2D eigenvalue weighted by Crippen LogP contribution is -2.53. The molecule has 0 aromatic carbocycles. The number of ether oxygens (including phenoxy) is 1. The Morgan fingerprint density at radius 3 is 2.53 bits per heavy atom. The number of hydrogen-bond donors (Lipinski definition) is 2. The van der Waals surface area contributed by atoms with Crippen LogP contribution < -0.4 is 5.32 Å². The van der Waals surface area contributed by atoms with Gasteiger partial charge in [-0.2, -0.15) is 11.8 Å². The minimum atomic E-state index is -0.605. The number of carbonyl (C=O) groups is 1. The molecule has 2 unspecified atom stereocenters. The first kappa shape index (κ1) is 18.7. The van der Waals surface area contributed by atoms with Crippen LogP contribution in [0.4, 0.5) is 0 Å². The summed E-state index contributed by atoms with van der Waals surface area (Å²) in [6.45, 7) is 8.23. The number of nitrogens with one attached hydrogen (secondary N) is 1. The first-order valence-electron chi connectivity index (χ1n) is 6.90. The summed E-state index contributed by atoms with van der Waals surface area (Å²) < 4.78 is 4.89. The van der Waals surface area contributed by atoms with Crippen LogP contribution in [0.3, 0.4) is 0 Å². The van der Waals surface area contributed by atoms with Crippen molar-refractivity contribution in [3.63, 3.8) is 0 Å². The molecular formula is C14H29NO3S. The van der Waals surface area contributed by atoms with E-state index >= 15 is 0 Å². The van der Waals surface area contributed by atoms with E-state index in [1.54, 1.807) is 0 Å². The van der Waals surface area contributed by atoms with E-state index in [2.05, 4.69) is 5.32 Å². The highest BCUT2D eigenvalue weighted by Gasteiger charge is 2.33. The van der Waals surface area contributed by atoms with Gasteiger partial charge in [0.15, 0.2) is 0 Å². The third kappa shape index (κ3) is 7.80. The third-order valence-corrected chi connectivity index (χ3v) is 4.30. The Hall–Kier alpha value is -0.260. The van der Waals surface area contributed by atoms with Gasteiger partial charge in [-0.3, -0.25) is 10.1 Å². The average molecular weight is 291 g/mol. The van der Waals surface area contributed by atoms with Gasteiger partial charge in [-0.25, -0.2) is 0 Å². The van der Waals surface area contributed by atoms with Crippen LogP contribution in [0.5, 0.6) is 0 Å². The average Bonchev–Trinajstić information content (AvgIpc) is 2.36. The van der Waals surface area contributed by atoms with Crippen molar-refractivity contribution in [1.82, 2.24) is 5.32 Å². The van der Waals surface area contributed by atoms with Gasteiger partial charge in [0.05, 0.1) is 7.11 Å². The predicted octanol–water partition coefficient (Wildman–Crippen LogP) is 2.06. The van der Waals surface area contributed by atoms with Gasteiger partial charge in [0.2, 0.25) is 0 Å². The maximum atomic E-state index is 11.9. The van der Waals surface area contributed by atoms with Gasteiger partial charge in [-0.05, 0) is 51.0 Å². The molecule has 0 aromatic rings. The van der Waals surface area contributed by atoms with Crippen molar-refractivity contribution in [1.29, 1.82) is 0 Å². The smallest absolute Gasteiger partial charge is 0.325 e. The second-order valence-corrected chi connectivity index (χ2v) is 6.74. The molecule has 0 saturated heterocycles. The van der Waals surface area contributed by atoms with Crippen LogP contribution in [0.25, 0.3) is 0 Å². The minimum Gasteiger partial charge on any atom is -0.468 e. The monoisotopic (exact) mass is 291 g/mol. The molecule has 0 spiro atoms. The molecule has 0 bridgehead atoms. The fourth-order valence-electron chi connectivity index (χ4n) is 1.96. The van der Waals surface area contributed by atoms with Gasteiger partial charge in [0.1, 0.15) is 5.54 Å². The molecule has 0 aliphatic heterocycles. The summed E-state index contributed by atoms with van der Waals surface area (Å²) in [7, 11) is 1.43. The normalized spacial score (nSPS) is 16.2. The molecule has 0 aliphatic carbocycles. The van der Waals surface area contributed by atoms with Gasteiger partial charge >= 0.3 is 5.97 Å². The summed E-state index contributed by atoms with van der Waals surface area (Å²) in [5, 5.41) is 12.2. The number of methoxy groups -OCH3 is 1. The Kier molecular flexibility index (Phi) is 9.48. The Bertz CT molecular complexity index is 261. The highest BCUT2D eigenvalue weighted by molar-refractivity contribution is 7.99. The van der Waals surface area contributed by atoms with Crippen molar-refractivity contribution in [3.8, 4) is 0 Å². The van der Waals surface area contributed by atoms with Crippen molar-refractivity contribution in [2.24, 2.45) is 5.92 Å². The zero-order valence-electron chi connectivity index (χ0n) is 12.9. The van der Waals surface area contributed by atoms with Crippen LogP contribution in [0.15, 0.2) is 0 Å². The molecule has 0 aromatic heterocycles. The number of esters is 1. The molecule has 0 fully saturated rings. The topological polar surface area (TPSA) is 58.6 Å². The lowest BCUT2D eigenvalue weighted by Gasteiger charge is -2.30. The zero-order valence-corrected chi connectivity index (χ0v) is 13.7. The number of aliphatic hydroxyl groups is 1. The van der Waals surface area contributed by atoms with E-state index in [-0.39, 0.29) is 18.6 Å². The molecule has 0 radical (unpaired) electrons. The van der Waals surface area contributed by atoms with E-state index < -0.39 is 5.54 Å². The maximum absolute atomic E-state index is 11.9. The quantitative estimate of drug-likeness (QED) is 0.476. The Labute approximate surface area is 121 Å². The molecule has 19 heavy (non-hydrogen) atoms. The molecule has 2 N–H and O–H groups in total. The van der Waals surface area contributed by atoms with Crippen LogP contribution >= 0.6 is 11.8 Å². The lowest BCUT2D eigenvalue weighted by molar-refractivity contribution is -0.148. The van der Waals surface area contributed by atoms with Gasteiger partial charge in [-0.1, -0.05) is 6.92 Å². The van der Waals surface area contributed by atoms with E-state index in [9.17, 15) is 4.79 Å². The summed E-state index contributed by atoms with van der Waals surface area (Å²) in [4.78, 5) is 11.9. The third-order valence-electron chi connectivity index (χ3n) is 2.92. The highest BCUT2D eigenvalue weighted by atomic mass is 32.2. The summed E-state index contributed by atoms with van der Waals surface area (Å²) in [6, 6.07) is 0.242. The number of aliphatic hydroxyl groups excluding tert-OH is 1. The Morgan fingerprint density at radius 2 is 2.05 bits per heavy atom. The van der Waals surface area contributed by atoms with Crippen LogP contribution in [-0.2, 0) is 9.53 Å². The molecule has 114 valence electrons. The molecule has 2 atom stereocenters. The Balaban J connectivity index is 4.10. The van der Waals surface area contributed by atoms with Crippen molar-refractivity contribution >= 4 is 17.7 Å². The van der Waals surface area contributed by atoms with Gasteiger partial charge < -0.3 is 9.84 Å². The SMILES string of the molecule is COC(=O)C(C)(CCCSCC(C)CO)NC(C)C. The summed E-state index contributed by atoms with van der Waals surface area (Å²) >= 11 is 1.82. The second kappa shape index (κ2) is 9.61. The van der Waals surface area contributed by atoms with Crippen molar-refractivity contribution < 1.29 is 14.6 Å². The first-order chi connectivity index (χ1) is 8.85. The summed E-state index contributed by atoms with van der Waals surface area (Å²) in [5.41, 5.74) is -0.605. The molecule has 0 amide bonds. The van der Waals surface area contributed by atoms with E-state index in [0.29, 0.717) is 5.92 Å². The van der Waals surface area contributed by atoms with E-state index in [0.717, 1.165) is 24.3 Å². The standard InChI is InChI=1S/C14H29NO3S/c1-11(2)15-14(4,13(17)18-5)7-6-8-19-10-12(3)9-16/h11-12,15-16H,6-10H2,1-5H3. The highest BCUT2D eigenvalue weighted by Crippen LogP contribution is 2.18. The number of hydrogen-bond acceptors (Lipinski definition) is 5. The van der Waals surface area contributed by atoms with Crippen molar-refractivity contribution in [3.05, 3.63) is 0 Å². The zero-order chi connectivity index (χ0) is 14.9. The molecule has 0 aliphatic rings. The molecular weight excluding hydrogens is 262 g/mol. The summed E-state index contributed by atoms with van der Waals surface area (Å²) in [5.74, 6) is 2.10. The minimum absolute atomic E-state index is 0.199. The van der Waals surface area contributed by atoms with Crippen LogP contribution in [0, 0.1) is 5.92 Å². The van der Waals surface area contributed by atoms with Crippen molar-refractivity contribution in [2.45, 2.75) is 52.1 Å². The maximum Gasteiger partial charge on any atom is 0.325 e.